The van der Waals surface area contributed by atoms with Gasteiger partial charge < -0.3 is 5.32 Å². The zero-order valence-corrected chi connectivity index (χ0v) is 19.2. The van der Waals surface area contributed by atoms with E-state index in [-0.39, 0.29) is 5.56 Å². The van der Waals surface area contributed by atoms with Gasteiger partial charge in [-0.2, -0.15) is 0 Å². The number of pyridine rings is 1. The number of nitrogens with one attached hydrogen (secondary N) is 1. The maximum atomic E-state index is 14.0. The second kappa shape index (κ2) is 9.05. The molecule has 4 aromatic rings. The van der Waals surface area contributed by atoms with Crippen molar-refractivity contribution in [2.24, 2.45) is 0 Å². The van der Waals surface area contributed by atoms with Gasteiger partial charge in [0.25, 0.3) is 17.8 Å². The van der Waals surface area contributed by atoms with Gasteiger partial charge in [0.15, 0.2) is 0 Å². The van der Waals surface area contributed by atoms with Crippen LogP contribution in [0.5, 0.6) is 0 Å². The number of amides is 1. The molecule has 1 atom stereocenters. The van der Waals surface area contributed by atoms with Crippen LogP contribution in [0.1, 0.15) is 54.0 Å². The van der Waals surface area contributed by atoms with Crippen molar-refractivity contribution < 1.29 is 22.4 Å². The largest absolute Gasteiger partial charge is 0.344 e. The molecule has 0 unspecified atom stereocenters. The van der Waals surface area contributed by atoms with Gasteiger partial charge in [-0.1, -0.05) is 18.2 Å². The van der Waals surface area contributed by atoms with Gasteiger partial charge in [-0.25, -0.2) is 27.5 Å². The molecular formula is C26H22F4N4O. The number of para-hydroxylation sites is 2. The third kappa shape index (κ3) is 5.29. The van der Waals surface area contributed by atoms with E-state index in [4.69, 9.17) is 0 Å². The summed E-state index contributed by atoms with van der Waals surface area (Å²) in [6.45, 7) is 2.83. The first kappa shape index (κ1) is 24.3. The molecule has 2 heterocycles. The van der Waals surface area contributed by atoms with Gasteiger partial charge in [0.1, 0.15) is 5.69 Å². The van der Waals surface area contributed by atoms with Gasteiger partial charge in [0.05, 0.1) is 28.5 Å². The van der Waals surface area contributed by atoms with Crippen molar-refractivity contribution >= 4 is 16.9 Å². The maximum Gasteiger partial charge on any atom is 0.270 e. The van der Waals surface area contributed by atoms with Gasteiger partial charge in [0, 0.05) is 36.7 Å². The number of halogens is 4. The molecule has 0 fully saturated rings. The van der Waals surface area contributed by atoms with Gasteiger partial charge in [-0.3, -0.25) is 9.78 Å². The Bertz CT molecular complexity index is 1350. The second-order valence-corrected chi connectivity index (χ2v) is 8.43. The molecule has 2 aromatic heterocycles. The minimum absolute atomic E-state index is 0.305. The van der Waals surface area contributed by atoms with Gasteiger partial charge in [-0.05, 0) is 49.4 Å². The predicted octanol–water partition coefficient (Wildman–Crippen LogP) is 6.41. The van der Waals surface area contributed by atoms with Crippen molar-refractivity contribution in [3.8, 4) is 11.4 Å². The van der Waals surface area contributed by atoms with Crippen molar-refractivity contribution in [2.75, 3.05) is 0 Å². The minimum atomic E-state index is -3.40. The van der Waals surface area contributed by atoms with Crippen molar-refractivity contribution in [3.63, 3.8) is 0 Å². The van der Waals surface area contributed by atoms with Crippen molar-refractivity contribution in [2.45, 2.75) is 38.7 Å². The average molecular weight is 482 g/mol. The summed E-state index contributed by atoms with van der Waals surface area (Å²) in [5.74, 6) is -7.61. The molecule has 1 amide bonds. The van der Waals surface area contributed by atoms with Crippen molar-refractivity contribution in [3.05, 3.63) is 89.2 Å². The van der Waals surface area contributed by atoms with Crippen LogP contribution in [0.3, 0.4) is 0 Å². The van der Waals surface area contributed by atoms with Crippen molar-refractivity contribution in [1.82, 2.24) is 20.3 Å². The molecule has 0 aliphatic heterocycles. The summed E-state index contributed by atoms with van der Waals surface area (Å²) in [7, 11) is 0. The summed E-state index contributed by atoms with van der Waals surface area (Å²) < 4.78 is 55.9. The van der Waals surface area contributed by atoms with Crippen LogP contribution < -0.4 is 5.32 Å². The Hall–Kier alpha value is -3.88. The van der Waals surface area contributed by atoms with E-state index < -0.39 is 34.9 Å². The molecular weight excluding hydrogens is 460 g/mol. The lowest BCUT2D eigenvalue weighted by molar-refractivity contribution is 0.0105. The summed E-state index contributed by atoms with van der Waals surface area (Å²) in [4.78, 5) is 26.7. The highest BCUT2D eigenvalue weighted by molar-refractivity contribution is 5.95. The second-order valence-electron chi connectivity index (χ2n) is 8.43. The lowest BCUT2D eigenvalue weighted by Gasteiger charge is -2.20. The van der Waals surface area contributed by atoms with E-state index in [1.165, 1.54) is 0 Å². The lowest BCUT2D eigenvalue weighted by Crippen LogP contribution is -2.29. The SMILES string of the molecule is C[C@H](NC(=O)c1cc(C(C)(F)F)cc(C(C)(F)F)c1)c1nc2ccccc2nc1-c1ccccn1. The number of benzene rings is 2. The molecule has 4 rings (SSSR count). The van der Waals surface area contributed by atoms with Crippen LogP contribution in [-0.4, -0.2) is 20.9 Å². The van der Waals surface area contributed by atoms with E-state index in [9.17, 15) is 22.4 Å². The number of aromatic nitrogens is 3. The first-order chi connectivity index (χ1) is 16.4. The third-order valence-corrected chi connectivity index (χ3v) is 5.47. The lowest BCUT2D eigenvalue weighted by atomic mass is 9.98. The first-order valence-corrected chi connectivity index (χ1v) is 10.8. The molecule has 5 nitrogen and oxygen atoms in total. The summed E-state index contributed by atoms with van der Waals surface area (Å²) in [5.41, 5.74) is 0.929. The van der Waals surface area contributed by atoms with Crippen LogP contribution in [0.4, 0.5) is 17.6 Å². The minimum Gasteiger partial charge on any atom is -0.344 e. The normalized spacial score (nSPS) is 13.0. The monoisotopic (exact) mass is 482 g/mol. The van der Waals surface area contributed by atoms with E-state index >= 15 is 0 Å². The van der Waals surface area contributed by atoms with Crippen molar-refractivity contribution in [1.29, 1.82) is 0 Å². The number of fused-ring (bicyclic) bond motifs is 1. The van der Waals surface area contributed by atoms with Crippen LogP contribution in [0.15, 0.2) is 66.9 Å². The van der Waals surface area contributed by atoms with E-state index in [1.54, 1.807) is 49.5 Å². The van der Waals surface area contributed by atoms with E-state index in [2.05, 4.69) is 20.3 Å². The number of hydrogen-bond donors (Lipinski definition) is 1. The Morgan fingerprint density at radius 1 is 0.857 bits per heavy atom. The Morgan fingerprint density at radius 2 is 1.43 bits per heavy atom. The van der Waals surface area contributed by atoms with E-state index in [1.807, 2.05) is 6.07 Å². The van der Waals surface area contributed by atoms with Crippen LogP contribution in [-0.2, 0) is 11.8 Å². The molecule has 2 aromatic carbocycles. The molecule has 35 heavy (non-hydrogen) atoms. The predicted molar refractivity (Wildman–Crippen MR) is 124 cm³/mol. The molecule has 180 valence electrons. The zero-order chi connectivity index (χ0) is 25.4. The summed E-state index contributed by atoms with van der Waals surface area (Å²) >= 11 is 0. The topological polar surface area (TPSA) is 67.8 Å². The quantitative estimate of drug-likeness (QED) is 0.323. The highest BCUT2D eigenvalue weighted by atomic mass is 19.3. The third-order valence-electron chi connectivity index (χ3n) is 5.47. The van der Waals surface area contributed by atoms with Crippen LogP contribution in [0, 0.1) is 0 Å². The number of carbonyl (C=O) groups excluding carboxylic acids is 1. The molecule has 0 saturated carbocycles. The van der Waals surface area contributed by atoms with Gasteiger partial charge in [0.2, 0.25) is 0 Å². The molecule has 9 heteroatoms. The van der Waals surface area contributed by atoms with E-state index in [0.717, 1.165) is 12.1 Å². The van der Waals surface area contributed by atoms with Gasteiger partial charge >= 0.3 is 0 Å². The Labute approximate surface area is 199 Å². The fraction of sp³-hybridized carbons (Fsp3) is 0.231. The fourth-order valence-electron chi connectivity index (χ4n) is 3.62. The zero-order valence-electron chi connectivity index (χ0n) is 19.2. The molecule has 0 aliphatic carbocycles. The number of carbonyl (C=O) groups is 1. The number of rotatable bonds is 6. The summed E-state index contributed by atoms with van der Waals surface area (Å²) in [6, 6.07) is 14.3. The number of hydrogen-bond acceptors (Lipinski definition) is 4. The highest BCUT2D eigenvalue weighted by Gasteiger charge is 2.32. The maximum absolute atomic E-state index is 14.0. The van der Waals surface area contributed by atoms with Crippen LogP contribution in [0.25, 0.3) is 22.4 Å². The molecule has 0 bridgehead atoms. The molecule has 0 aliphatic rings. The molecule has 0 radical (unpaired) electrons. The molecule has 0 saturated heterocycles. The smallest absolute Gasteiger partial charge is 0.270 e. The highest BCUT2D eigenvalue weighted by Crippen LogP contribution is 2.34. The number of alkyl halides is 4. The molecule has 0 spiro atoms. The van der Waals surface area contributed by atoms with Gasteiger partial charge in [-0.15, -0.1) is 0 Å². The number of nitrogens with zero attached hydrogens (tertiary/aromatic N) is 3. The summed E-state index contributed by atoms with van der Waals surface area (Å²) in [6.07, 6.45) is 1.60. The Morgan fingerprint density at radius 3 is 1.97 bits per heavy atom. The summed E-state index contributed by atoms with van der Waals surface area (Å²) in [5, 5.41) is 2.69. The van der Waals surface area contributed by atoms with Crippen LogP contribution >= 0.6 is 0 Å². The Kier molecular flexibility index (Phi) is 6.27. The first-order valence-electron chi connectivity index (χ1n) is 10.8. The molecule has 1 N–H and O–H groups in total. The Balaban J connectivity index is 1.74. The van der Waals surface area contributed by atoms with E-state index in [0.29, 0.717) is 48.0 Å². The average Bonchev–Trinajstić information content (AvgIpc) is 2.82. The fourth-order valence-corrected chi connectivity index (χ4v) is 3.62. The standard InChI is InChI=1S/C26H22F4N4O/c1-15(32-24(35)16-12-17(25(2,27)28)14-18(13-16)26(3,29)30)22-23(21-10-6-7-11-31-21)34-20-9-5-4-8-19(20)33-22/h4-15H,1-3H3,(H,32,35)/t15-/m0/s1. The van der Waals surface area contributed by atoms with Crippen LogP contribution in [0.2, 0.25) is 0 Å².